The molecule has 0 spiro atoms. The number of rotatable bonds is 5. The van der Waals surface area contributed by atoms with Gasteiger partial charge in [-0.1, -0.05) is 0 Å². The summed E-state index contributed by atoms with van der Waals surface area (Å²) < 4.78 is 15.7. The van der Waals surface area contributed by atoms with Crippen LogP contribution in [0.1, 0.15) is 17.3 Å². The van der Waals surface area contributed by atoms with Crippen LogP contribution in [0.5, 0.6) is 17.4 Å². The molecule has 1 aromatic heterocycles. The fourth-order valence-corrected chi connectivity index (χ4v) is 1.94. The third kappa shape index (κ3) is 2.65. The minimum atomic E-state index is -0.524. The van der Waals surface area contributed by atoms with E-state index in [1.54, 1.807) is 32.7 Å². The van der Waals surface area contributed by atoms with Gasteiger partial charge in [0.2, 0.25) is 5.88 Å². The van der Waals surface area contributed by atoms with Gasteiger partial charge in [-0.05, 0) is 18.2 Å². The molecule has 6 nitrogen and oxygen atoms in total. The molecule has 1 atom stereocenters. The third-order valence-electron chi connectivity index (χ3n) is 2.95. The first-order chi connectivity index (χ1) is 9.71. The average molecular weight is 275 g/mol. The van der Waals surface area contributed by atoms with Crippen molar-refractivity contribution in [2.24, 2.45) is 5.73 Å². The second kappa shape index (κ2) is 6.21. The van der Waals surface area contributed by atoms with E-state index in [-0.39, 0.29) is 0 Å². The SMILES string of the molecule is COc1ccc(OC)c(C(N)c2nccnc2OC)c1. The van der Waals surface area contributed by atoms with Gasteiger partial charge in [0, 0.05) is 18.0 Å². The summed E-state index contributed by atoms with van der Waals surface area (Å²) in [6.07, 6.45) is 3.13. The second-order valence-corrected chi connectivity index (χ2v) is 4.04. The van der Waals surface area contributed by atoms with Crippen LogP contribution >= 0.6 is 0 Å². The Kier molecular flexibility index (Phi) is 4.37. The molecule has 2 N–H and O–H groups in total. The van der Waals surface area contributed by atoms with E-state index in [4.69, 9.17) is 19.9 Å². The van der Waals surface area contributed by atoms with Crippen LogP contribution in [0, 0.1) is 0 Å². The minimum Gasteiger partial charge on any atom is -0.497 e. The quantitative estimate of drug-likeness (QED) is 0.891. The van der Waals surface area contributed by atoms with Crippen molar-refractivity contribution in [3.05, 3.63) is 41.9 Å². The van der Waals surface area contributed by atoms with Crippen molar-refractivity contribution in [1.82, 2.24) is 9.97 Å². The summed E-state index contributed by atoms with van der Waals surface area (Å²) in [6, 6.07) is 4.90. The number of benzene rings is 1. The van der Waals surface area contributed by atoms with Crippen LogP contribution in [-0.2, 0) is 0 Å². The highest BCUT2D eigenvalue weighted by Crippen LogP contribution is 2.33. The lowest BCUT2D eigenvalue weighted by Crippen LogP contribution is -2.16. The zero-order valence-electron chi connectivity index (χ0n) is 11.7. The lowest BCUT2D eigenvalue weighted by molar-refractivity contribution is 0.382. The molecule has 106 valence electrons. The van der Waals surface area contributed by atoms with Gasteiger partial charge in [-0.25, -0.2) is 4.98 Å². The van der Waals surface area contributed by atoms with Gasteiger partial charge < -0.3 is 19.9 Å². The smallest absolute Gasteiger partial charge is 0.237 e. The summed E-state index contributed by atoms with van der Waals surface area (Å²) in [5, 5.41) is 0. The largest absolute Gasteiger partial charge is 0.497 e. The molecule has 1 aromatic carbocycles. The Morgan fingerprint density at radius 2 is 1.75 bits per heavy atom. The van der Waals surface area contributed by atoms with Gasteiger partial charge in [-0.15, -0.1) is 0 Å². The van der Waals surface area contributed by atoms with Crippen LogP contribution in [0.15, 0.2) is 30.6 Å². The highest BCUT2D eigenvalue weighted by molar-refractivity contribution is 5.46. The first-order valence-electron chi connectivity index (χ1n) is 6.03. The predicted octanol–water partition coefficient (Wildman–Crippen LogP) is 1.55. The molecular formula is C14H17N3O3. The summed E-state index contributed by atoms with van der Waals surface area (Å²) in [5.74, 6) is 1.75. The van der Waals surface area contributed by atoms with Crippen LogP contribution < -0.4 is 19.9 Å². The number of aromatic nitrogens is 2. The van der Waals surface area contributed by atoms with E-state index in [1.807, 2.05) is 12.1 Å². The molecule has 0 amide bonds. The van der Waals surface area contributed by atoms with Crippen LogP contribution in [0.2, 0.25) is 0 Å². The van der Waals surface area contributed by atoms with Crippen LogP contribution in [0.3, 0.4) is 0 Å². The van der Waals surface area contributed by atoms with Crippen LogP contribution in [0.25, 0.3) is 0 Å². The highest BCUT2D eigenvalue weighted by atomic mass is 16.5. The number of nitrogens with two attached hydrogens (primary N) is 1. The van der Waals surface area contributed by atoms with Gasteiger partial charge in [-0.3, -0.25) is 4.98 Å². The normalized spacial score (nSPS) is 11.8. The molecule has 0 saturated heterocycles. The van der Waals surface area contributed by atoms with Crippen molar-refractivity contribution >= 4 is 0 Å². The Morgan fingerprint density at radius 3 is 2.40 bits per heavy atom. The van der Waals surface area contributed by atoms with Gasteiger partial charge in [0.15, 0.2) is 0 Å². The topological polar surface area (TPSA) is 79.5 Å². The number of nitrogens with zero attached hydrogens (tertiary/aromatic N) is 2. The molecule has 1 unspecified atom stereocenters. The molecule has 0 saturated carbocycles. The van der Waals surface area contributed by atoms with Crippen LogP contribution in [-0.4, -0.2) is 31.3 Å². The maximum absolute atomic E-state index is 6.27. The van der Waals surface area contributed by atoms with Gasteiger partial charge in [0.05, 0.1) is 27.4 Å². The first-order valence-corrected chi connectivity index (χ1v) is 6.03. The van der Waals surface area contributed by atoms with Gasteiger partial charge in [-0.2, -0.15) is 0 Å². The summed E-state index contributed by atoms with van der Waals surface area (Å²) in [7, 11) is 4.72. The summed E-state index contributed by atoms with van der Waals surface area (Å²) in [4.78, 5) is 8.35. The van der Waals surface area contributed by atoms with Gasteiger partial charge >= 0.3 is 0 Å². The zero-order chi connectivity index (χ0) is 14.5. The molecule has 0 aliphatic carbocycles. The first kappa shape index (κ1) is 14.1. The number of hydrogen-bond acceptors (Lipinski definition) is 6. The van der Waals surface area contributed by atoms with E-state index >= 15 is 0 Å². The monoisotopic (exact) mass is 275 g/mol. The minimum absolute atomic E-state index is 0.393. The average Bonchev–Trinajstić information content (AvgIpc) is 2.53. The zero-order valence-corrected chi connectivity index (χ0v) is 11.7. The standard InChI is InChI=1S/C14H17N3O3/c1-18-9-4-5-11(19-2)10(8-9)12(15)13-14(20-3)17-7-6-16-13/h4-8,12H,15H2,1-3H3. The number of hydrogen-bond donors (Lipinski definition) is 1. The van der Waals surface area contributed by atoms with Crippen molar-refractivity contribution < 1.29 is 14.2 Å². The molecule has 20 heavy (non-hydrogen) atoms. The molecular weight excluding hydrogens is 258 g/mol. The van der Waals surface area contributed by atoms with Crippen molar-refractivity contribution in [2.75, 3.05) is 21.3 Å². The molecule has 0 fully saturated rings. The fourth-order valence-electron chi connectivity index (χ4n) is 1.94. The van der Waals surface area contributed by atoms with Crippen molar-refractivity contribution in [3.8, 4) is 17.4 Å². The van der Waals surface area contributed by atoms with Gasteiger partial charge in [0.25, 0.3) is 0 Å². The van der Waals surface area contributed by atoms with E-state index in [9.17, 15) is 0 Å². The van der Waals surface area contributed by atoms with E-state index in [2.05, 4.69) is 9.97 Å². The number of methoxy groups -OCH3 is 3. The van der Waals surface area contributed by atoms with Crippen molar-refractivity contribution in [1.29, 1.82) is 0 Å². The highest BCUT2D eigenvalue weighted by Gasteiger charge is 2.20. The summed E-state index contributed by atoms with van der Waals surface area (Å²) >= 11 is 0. The van der Waals surface area contributed by atoms with E-state index in [0.29, 0.717) is 23.1 Å². The summed E-state index contributed by atoms with van der Waals surface area (Å²) in [6.45, 7) is 0. The lowest BCUT2D eigenvalue weighted by atomic mass is 10.0. The molecule has 0 radical (unpaired) electrons. The molecule has 1 heterocycles. The van der Waals surface area contributed by atoms with Crippen molar-refractivity contribution in [2.45, 2.75) is 6.04 Å². The third-order valence-corrected chi connectivity index (χ3v) is 2.95. The van der Waals surface area contributed by atoms with Crippen LogP contribution in [0.4, 0.5) is 0 Å². The Labute approximate surface area is 117 Å². The number of ether oxygens (including phenoxy) is 3. The second-order valence-electron chi connectivity index (χ2n) is 4.04. The fraction of sp³-hybridized carbons (Fsp3) is 0.286. The maximum atomic E-state index is 6.27. The van der Waals surface area contributed by atoms with Crippen molar-refractivity contribution in [3.63, 3.8) is 0 Å². The molecule has 6 heteroatoms. The summed E-state index contributed by atoms with van der Waals surface area (Å²) in [5.41, 5.74) is 7.57. The molecule has 2 aromatic rings. The predicted molar refractivity (Wildman–Crippen MR) is 74.2 cm³/mol. The Balaban J connectivity index is 2.49. The Bertz CT molecular complexity index is 590. The molecule has 2 rings (SSSR count). The van der Waals surface area contributed by atoms with E-state index < -0.39 is 6.04 Å². The molecule has 0 aliphatic rings. The Morgan fingerprint density at radius 1 is 1.00 bits per heavy atom. The lowest BCUT2D eigenvalue weighted by Gasteiger charge is -2.17. The Hall–Kier alpha value is -2.34. The molecule has 0 bridgehead atoms. The molecule has 0 aliphatic heterocycles. The van der Waals surface area contributed by atoms with Gasteiger partial charge in [0.1, 0.15) is 17.2 Å². The maximum Gasteiger partial charge on any atom is 0.237 e. The van der Waals surface area contributed by atoms with E-state index in [1.165, 1.54) is 7.11 Å². The van der Waals surface area contributed by atoms with E-state index in [0.717, 1.165) is 5.56 Å².